The summed E-state index contributed by atoms with van der Waals surface area (Å²) in [6.07, 6.45) is 9.73. The lowest BCUT2D eigenvalue weighted by Crippen LogP contribution is -2.07. The SMILES string of the molecule is C.C.C.COc1ccc(C(O)c2ccnn2C)cc1-c1ccc2c(c1)OCO2.COc1ccc(C=O)cc1-c1ccc2c(c1)OCO2.COc1ccc(Cc2ccnn2C)cc1-c1ccc2c(c1)OCO2.Cn1ccnc1. The van der Waals surface area contributed by atoms with E-state index in [1.165, 1.54) is 5.56 Å². The summed E-state index contributed by atoms with van der Waals surface area (Å²) in [5.74, 6) is 6.69. The second kappa shape index (κ2) is 26.3. The number of fused-ring (bicyclic) bond motifs is 3. The Hall–Kier alpha value is -9.22. The molecule has 0 amide bonds. The maximum atomic E-state index is 10.9. The first-order chi connectivity index (χ1) is 36.1. The maximum absolute atomic E-state index is 10.9. The highest BCUT2D eigenvalue weighted by atomic mass is 16.7. The Balaban J connectivity index is 0.000000175. The molecule has 402 valence electrons. The van der Waals surface area contributed by atoms with E-state index in [0.29, 0.717) is 22.8 Å². The van der Waals surface area contributed by atoms with Crippen molar-refractivity contribution in [3.63, 3.8) is 0 Å². The van der Waals surface area contributed by atoms with Gasteiger partial charge in [-0.2, -0.15) is 10.2 Å². The van der Waals surface area contributed by atoms with Crippen molar-refractivity contribution in [3.05, 3.63) is 181 Å². The van der Waals surface area contributed by atoms with Crippen LogP contribution in [0.2, 0.25) is 0 Å². The number of methoxy groups -OCH3 is 3. The zero-order chi connectivity index (χ0) is 51.6. The summed E-state index contributed by atoms with van der Waals surface area (Å²) in [5.41, 5.74) is 10.1. The van der Waals surface area contributed by atoms with Crippen molar-refractivity contribution in [1.82, 2.24) is 29.1 Å². The number of benzene rings is 6. The molecule has 1 N–H and O–H groups in total. The molecular formula is C60H66N6O11. The number of ether oxygens (including phenoxy) is 9. The van der Waals surface area contributed by atoms with Crippen molar-refractivity contribution < 1.29 is 52.5 Å². The van der Waals surface area contributed by atoms with Crippen LogP contribution in [0.5, 0.6) is 51.7 Å². The second-order valence-corrected chi connectivity index (χ2v) is 16.9. The van der Waals surface area contributed by atoms with Crippen molar-refractivity contribution in [3.8, 4) is 85.1 Å². The predicted molar refractivity (Wildman–Crippen MR) is 296 cm³/mol. The van der Waals surface area contributed by atoms with Crippen LogP contribution in [0.4, 0.5) is 0 Å². The molecule has 12 rings (SSSR count). The van der Waals surface area contributed by atoms with Gasteiger partial charge in [-0.25, -0.2) is 4.98 Å². The van der Waals surface area contributed by atoms with Gasteiger partial charge in [0.05, 0.1) is 33.4 Å². The summed E-state index contributed by atoms with van der Waals surface area (Å²) < 4.78 is 54.2. The molecule has 6 heterocycles. The van der Waals surface area contributed by atoms with Crippen molar-refractivity contribution in [2.75, 3.05) is 41.7 Å². The first-order valence-corrected chi connectivity index (χ1v) is 23.4. The van der Waals surface area contributed by atoms with Crippen molar-refractivity contribution in [2.24, 2.45) is 21.1 Å². The highest BCUT2D eigenvalue weighted by Crippen LogP contribution is 2.42. The Bertz CT molecular complexity index is 3370. The van der Waals surface area contributed by atoms with Crippen LogP contribution in [-0.4, -0.2) is 82.2 Å². The topological polar surface area (TPSA) is 174 Å². The fourth-order valence-corrected chi connectivity index (χ4v) is 8.36. The number of imidazole rings is 1. The molecule has 6 aromatic carbocycles. The van der Waals surface area contributed by atoms with Crippen LogP contribution in [0.25, 0.3) is 33.4 Å². The number of carbonyl (C=O) groups excluding carboxylic acids is 1. The third kappa shape index (κ3) is 13.2. The number of rotatable bonds is 11. The van der Waals surface area contributed by atoms with Gasteiger partial charge in [-0.3, -0.25) is 14.2 Å². The molecule has 9 aromatic rings. The summed E-state index contributed by atoms with van der Waals surface area (Å²) in [6, 6.07) is 38.4. The summed E-state index contributed by atoms with van der Waals surface area (Å²) >= 11 is 0. The standard InChI is InChI=1S/C19H18N2O4.C19H18N2O3.C15H12O4.C4H6N2.3CH4/c1-21-15(7-8-20-21)19(22)13-4-5-16(23-2)14(9-13)12-3-6-17-18(10-12)25-11-24-17;1-21-15(7-8-20-21)9-13-3-5-17(22-2)16(10-13)14-4-6-18-19(11-14)24-12-23-18;1-17-13-4-2-10(8-16)6-12(13)11-3-5-14-15(7-11)19-9-18-14;1-6-3-2-5-4-6;;;/h3-10,19,22H,11H2,1-2H3;3-8,10-11H,9,12H2,1-2H3;2-8H,9H2,1H3;2-4H,1H3;3*1H4. The number of hydrogen-bond donors (Lipinski definition) is 1. The fraction of sp³-hybridized carbons (Fsp3) is 0.233. The molecule has 1 atom stereocenters. The molecule has 0 radical (unpaired) electrons. The predicted octanol–water partition coefficient (Wildman–Crippen LogP) is 11.6. The number of hydrogen-bond acceptors (Lipinski definition) is 14. The van der Waals surface area contributed by atoms with Crippen LogP contribution in [0.1, 0.15) is 61.3 Å². The lowest BCUT2D eigenvalue weighted by atomic mass is 9.98. The first kappa shape index (κ1) is 57.1. The molecular weight excluding hydrogens is 981 g/mol. The largest absolute Gasteiger partial charge is 0.496 e. The summed E-state index contributed by atoms with van der Waals surface area (Å²) in [6.45, 7) is 0.746. The van der Waals surface area contributed by atoms with Crippen LogP contribution < -0.4 is 42.6 Å². The number of aldehydes is 1. The minimum atomic E-state index is -0.772. The van der Waals surface area contributed by atoms with Crippen molar-refractivity contribution >= 4 is 6.29 Å². The Kier molecular flexibility index (Phi) is 19.5. The number of aliphatic hydroxyl groups is 1. The molecule has 77 heavy (non-hydrogen) atoms. The highest BCUT2D eigenvalue weighted by molar-refractivity contribution is 5.82. The highest BCUT2D eigenvalue weighted by Gasteiger charge is 2.21. The molecule has 0 bridgehead atoms. The van der Waals surface area contributed by atoms with Gasteiger partial charge in [0, 0.05) is 80.3 Å². The summed E-state index contributed by atoms with van der Waals surface area (Å²) in [7, 11) is 10.6. The molecule has 0 saturated carbocycles. The number of nitrogens with zero attached hydrogens (tertiary/aromatic N) is 6. The molecule has 0 saturated heterocycles. The van der Waals surface area contributed by atoms with Gasteiger partial charge in [-0.1, -0.05) is 52.6 Å². The third-order valence-corrected chi connectivity index (χ3v) is 12.3. The molecule has 0 spiro atoms. The van der Waals surface area contributed by atoms with Gasteiger partial charge in [-0.15, -0.1) is 0 Å². The van der Waals surface area contributed by atoms with E-state index in [9.17, 15) is 9.90 Å². The minimum Gasteiger partial charge on any atom is -0.496 e. The number of aryl methyl sites for hydroxylation is 3. The lowest BCUT2D eigenvalue weighted by molar-refractivity contribution is 0.112. The van der Waals surface area contributed by atoms with E-state index in [2.05, 4.69) is 27.3 Å². The van der Waals surface area contributed by atoms with Gasteiger partial charge in [-0.05, 0) is 119 Å². The van der Waals surface area contributed by atoms with Gasteiger partial charge in [0.15, 0.2) is 34.5 Å². The van der Waals surface area contributed by atoms with Gasteiger partial charge in [0.1, 0.15) is 29.6 Å². The van der Waals surface area contributed by atoms with E-state index in [1.807, 2.05) is 121 Å². The van der Waals surface area contributed by atoms with Gasteiger partial charge < -0.3 is 52.3 Å². The summed E-state index contributed by atoms with van der Waals surface area (Å²) in [5, 5.41) is 19.1. The second-order valence-electron chi connectivity index (χ2n) is 16.9. The Morgan fingerprint density at radius 1 is 0.545 bits per heavy atom. The van der Waals surface area contributed by atoms with Crippen molar-refractivity contribution in [2.45, 2.75) is 34.8 Å². The van der Waals surface area contributed by atoms with Crippen LogP contribution in [0, 0.1) is 0 Å². The van der Waals surface area contributed by atoms with Crippen LogP contribution >= 0.6 is 0 Å². The molecule has 3 aromatic heterocycles. The van der Waals surface area contributed by atoms with Crippen LogP contribution in [0.3, 0.4) is 0 Å². The van der Waals surface area contributed by atoms with E-state index >= 15 is 0 Å². The Morgan fingerprint density at radius 2 is 1.03 bits per heavy atom. The fourth-order valence-electron chi connectivity index (χ4n) is 8.36. The van der Waals surface area contributed by atoms with Gasteiger partial charge in [0.25, 0.3) is 0 Å². The Morgan fingerprint density at radius 3 is 1.47 bits per heavy atom. The average molecular weight is 1050 g/mol. The van der Waals surface area contributed by atoms with Crippen LogP contribution in [0.15, 0.2) is 152 Å². The quantitative estimate of drug-likeness (QED) is 0.121. The van der Waals surface area contributed by atoms with Gasteiger partial charge >= 0.3 is 0 Å². The molecule has 1 unspecified atom stereocenters. The van der Waals surface area contributed by atoms with Gasteiger partial charge in [0.2, 0.25) is 20.4 Å². The summed E-state index contributed by atoms with van der Waals surface area (Å²) in [4.78, 5) is 14.7. The molecule has 0 fully saturated rings. The normalized spacial score (nSPS) is 12.0. The number of aromatic nitrogens is 6. The minimum absolute atomic E-state index is 0. The molecule has 3 aliphatic rings. The monoisotopic (exact) mass is 1050 g/mol. The molecule has 0 aliphatic carbocycles. The van der Waals surface area contributed by atoms with E-state index in [0.717, 1.165) is 97.5 Å². The average Bonchev–Trinajstić information content (AvgIpc) is 4.33. The lowest BCUT2D eigenvalue weighted by Gasteiger charge is -2.15. The molecule has 17 nitrogen and oxygen atoms in total. The maximum Gasteiger partial charge on any atom is 0.231 e. The smallest absolute Gasteiger partial charge is 0.231 e. The third-order valence-electron chi connectivity index (χ3n) is 12.3. The van der Waals surface area contributed by atoms with Crippen molar-refractivity contribution in [1.29, 1.82) is 0 Å². The zero-order valence-corrected chi connectivity index (χ0v) is 41.6. The van der Waals surface area contributed by atoms with Crippen LogP contribution in [-0.2, 0) is 27.6 Å². The van der Waals surface area contributed by atoms with E-state index in [4.69, 9.17) is 42.6 Å². The number of aliphatic hydroxyl groups excluding tert-OH is 1. The van der Waals surface area contributed by atoms with E-state index in [-0.39, 0.29) is 42.7 Å². The zero-order valence-electron chi connectivity index (χ0n) is 41.6. The molecule has 17 heteroatoms. The molecule has 3 aliphatic heterocycles. The Labute approximate surface area is 449 Å². The van der Waals surface area contributed by atoms with E-state index < -0.39 is 6.10 Å². The van der Waals surface area contributed by atoms with E-state index in [1.54, 1.807) is 76.0 Å². The number of carbonyl (C=O) groups is 1. The first-order valence-electron chi connectivity index (χ1n) is 23.4.